The second-order valence-electron chi connectivity index (χ2n) is 13.1. The zero-order valence-corrected chi connectivity index (χ0v) is 28.6. The topological polar surface area (TPSA) is 56.0 Å². The molecule has 6 aromatic carbocycles. The van der Waals surface area contributed by atoms with Crippen molar-refractivity contribution >= 4 is 27.6 Å². The summed E-state index contributed by atoms with van der Waals surface area (Å²) in [5.74, 6) is 0.684. The summed E-state index contributed by atoms with van der Waals surface area (Å²) in [6.07, 6.45) is 2.06. The summed E-state index contributed by atoms with van der Waals surface area (Å²) in [4.78, 5) is 20.4. The summed E-state index contributed by atoms with van der Waals surface area (Å²) in [7, 11) is 0. The molecule has 10 aromatic rings. The number of imidazole rings is 1. The summed E-state index contributed by atoms with van der Waals surface area (Å²) in [5.41, 5.74) is 15.1. The first kappa shape index (κ1) is 30.6. The van der Waals surface area contributed by atoms with E-state index in [0.717, 1.165) is 78.0 Å². The Bertz CT molecular complexity index is 2920. The number of nitrogens with zero attached hydrogens (tertiary/aromatic N) is 5. The summed E-state index contributed by atoms with van der Waals surface area (Å²) in [6, 6.07) is 62.9. The molecule has 0 aliphatic rings. The second-order valence-corrected chi connectivity index (χ2v) is 13.1. The second kappa shape index (κ2) is 12.8. The standard InChI is InChI=1S/C48H31N5/c1-3-12-32(13-4-1)33-21-25-36(26-22-33)43-31-42(35-14-5-2-6-15-35)50-48(51-43)37-27-23-34(24-28-37)38-16-11-17-39(30-38)45-47-46(40-18-7-8-19-41(40)49-45)52-44-20-9-10-29-53(44)47/h1-31H. The number of benzene rings is 6. The monoisotopic (exact) mass is 677 g/mol. The normalized spacial score (nSPS) is 11.4. The average Bonchev–Trinajstić information content (AvgIpc) is 3.64. The van der Waals surface area contributed by atoms with Crippen LogP contribution < -0.4 is 0 Å². The van der Waals surface area contributed by atoms with Crippen LogP contribution in [-0.2, 0) is 0 Å². The van der Waals surface area contributed by atoms with Crippen LogP contribution in [0.4, 0.5) is 0 Å². The Morgan fingerprint density at radius 3 is 1.66 bits per heavy atom. The van der Waals surface area contributed by atoms with Crippen molar-refractivity contribution < 1.29 is 0 Å². The van der Waals surface area contributed by atoms with E-state index in [1.807, 2.05) is 54.6 Å². The Kier molecular flexibility index (Phi) is 7.40. The summed E-state index contributed by atoms with van der Waals surface area (Å²) in [6.45, 7) is 0. The molecule has 10 rings (SSSR count). The molecule has 0 saturated carbocycles. The van der Waals surface area contributed by atoms with Gasteiger partial charge in [-0.25, -0.2) is 19.9 Å². The molecule has 0 unspecified atom stereocenters. The zero-order chi connectivity index (χ0) is 35.1. The Balaban J connectivity index is 1.03. The fraction of sp³-hybridized carbons (Fsp3) is 0. The van der Waals surface area contributed by atoms with Gasteiger partial charge in [0.25, 0.3) is 0 Å². The summed E-state index contributed by atoms with van der Waals surface area (Å²) < 4.78 is 2.14. The number of rotatable bonds is 6. The molecule has 5 nitrogen and oxygen atoms in total. The molecule has 0 fully saturated rings. The molecule has 0 atom stereocenters. The molecule has 248 valence electrons. The van der Waals surface area contributed by atoms with Crippen molar-refractivity contribution in [3.05, 3.63) is 188 Å². The number of pyridine rings is 2. The van der Waals surface area contributed by atoms with E-state index in [4.69, 9.17) is 19.9 Å². The van der Waals surface area contributed by atoms with E-state index in [-0.39, 0.29) is 0 Å². The molecule has 5 heteroatoms. The number of hydrogen-bond donors (Lipinski definition) is 0. The van der Waals surface area contributed by atoms with Gasteiger partial charge in [0.15, 0.2) is 5.82 Å². The lowest BCUT2D eigenvalue weighted by molar-refractivity contribution is 1.18. The lowest BCUT2D eigenvalue weighted by Gasteiger charge is -2.11. The van der Waals surface area contributed by atoms with Crippen molar-refractivity contribution in [1.29, 1.82) is 0 Å². The summed E-state index contributed by atoms with van der Waals surface area (Å²) in [5, 5.41) is 1.05. The van der Waals surface area contributed by atoms with E-state index in [0.29, 0.717) is 5.82 Å². The van der Waals surface area contributed by atoms with Crippen LogP contribution in [0.5, 0.6) is 0 Å². The van der Waals surface area contributed by atoms with E-state index in [1.54, 1.807) is 0 Å². The molecule has 0 radical (unpaired) electrons. The fourth-order valence-corrected chi connectivity index (χ4v) is 7.16. The highest BCUT2D eigenvalue weighted by Crippen LogP contribution is 2.35. The van der Waals surface area contributed by atoms with E-state index in [2.05, 4.69) is 138 Å². The zero-order valence-electron chi connectivity index (χ0n) is 28.6. The van der Waals surface area contributed by atoms with E-state index in [9.17, 15) is 0 Å². The third-order valence-corrected chi connectivity index (χ3v) is 9.84. The van der Waals surface area contributed by atoms with Crippen molar-refractivity contribution in [2.75, 3.05) is 0 Å². The number of hydrogen-bond acceptors (Lipinski definition) is 4. The van der Waals surface area contributed by atoms with Crippen molar-refractivity contribution in [2.45, 2.75) is 0 Å². The first-order chi connectivity index (χ1) is 26.2. The van der Waals surface area contributed by atoms with Gasteiger partial charge in [-0.2, -0.15) is 0 Å². The van der Waals surface area contributed by atoms with Crippen LogP contribution in [0.2, 0.25) is 0 Å². The van der Waals surface area contributed by atoms with Crippen molar-refractivity contribution in [3.8, 4) is 67.4 Å². The molecular formula is C48H31N5. The average molecular weight is 678 g/mol. The van der Waals surface area contributed by atoms with Crippen molar-refractivity contribution in [2.24, 2.45) is 0 Å². The molecule has 0 amide bonds. The van der Waals surface area contributed by atoms with Crippen LogP contribution in [-0.4, -0.2) is 24.3 Å². The van der Waals surface area contributed by atoms with E-state index < -0.39 is 0 Å². The highest BCUT2D eigenvalue weighted by Gasteiger charge is 2.17. The van der Waals surface area contributed by atoms with Gasteiger partial charge in [-0.05, 0) is 52.6 Å². The number of aromatic nitrogens is 5. The first-order valence-electron chi connectivity index (χ1n) is 17.7. The molecule has 4 aromatic heterocycles. The van der Waals surface area contributed by atoms with Gasteiger partial charge in [0, 0.05) is 33.8 Å². The Morgan fingerprint density at radius 2 is 0.906 bits per heavy atom. The van der Waals surface area contributed by atoms with E-state index in [1.165, 1.54) is 11.1 Å². The Labute approximate surface area is 306 Å². The third-order valence-electron chi connectivity index (χ3n) is 9.84. The van der Waals surface area contributed by atoms with Crippen LogP contribution in [0, 0.1) is 0 Å². The van der Waals surface area contributed by atoms with Gasteiger partial charge in [0.05, 0.1) is 28.1 Å². The minimum absolute atomic E-state index is 0.684. The number of para-hydroxylation sites is 1. The largest absolute Gasteiger partial charge is 0.298 e. The predicted molar refractivity (Wildman–Crippen MR) is 216 cm³/mol. The van der Waals surface area contributed by atoms with Crippen molar-refractivity contribution in [3.63, 3.8) is 0 Å². The molecule has 0 N–H and O–H groups in total. The van der Waals surface area contributed by atoms with Crippen LogP contribution in [0.3, 0.4) is 0 Å². The SMILES string of the molecule is c1ccc(-c2ccc(-c3cc(-c4ccccc4)nc(-c4ccc(-c5cccc(-c6nc7ccccc7c7nc8ccccn8c67)c5)cc4)n3)cc2)cc1. The van der Waals surface area contributed by atoms with Gasteiger partial charge in [-0.1, -0.05) is 152 Å². The van der Waals surface area contributed by atoms with Crippen LogP contribution in [0.15, 0.2) is 188 Å². The molecule has 0 aliphatic heterocycles. The molecule has 0 aliphatic carbocycles. The van der Waals surface area contributed by atoms with Gasteiger partial charge in [-0.15, -0.1) is 0 Å². The van der Waals surface area contributed by atoms with Gasteiger partial charge in [0.1, 0.15) is 11.2 Å². The minimum atomic E-state index is 0.684. The highest BCUT2D eigenvalue weighted by molar-refractivity contribution is 6.09. The maximum atomic E-state index is 5.19. The van der Waals surface area contributed by atoms with Gasteiger partial charge in [0.2, 0.25) is 0 Å². The fourth-order valence-electron chi connectivity index (χ4n) is 7.16. The number of fused-ring (bicyclic) bond motifs is 5. The smallest absolute Gasteiger partial charge is 0.160 e. The lowest BCUT2D eigenvalue weighted by Crippen LogP contribution is -1.96. The van der Waals surface area contributed by atoms with Crippen LogP contribution in [0.25, 0.3) is 95.0 Å². The van der Waals surface area contributed by atoms with Crippen molar-refractivity contribution in [1.82, 2.24) is 24.3 Å². The van der Waals surface area contributed by atoms with Crippen LogP contribution in [0.1, 0.15) is 0 Å². The molecule has 0 bridgehead atoms. The van der Waals surface area contributed by atoms with Gasteiger partial charge in [-0.3, -0.25) is 4.40 Å². The highest BCUT2D eigenvalue weighted by atomic mass is 15.0. The molecule has 53 heavy (non-hydrogen) atoms. The van der Waals surface area contributed by atoms with Gasteiger partial charge >= 0.3 is 0 Å². The Hall–Kier alpha value is -7.24. The quantitative estimate of drug-likeness (QED) is 0.176. The van der Waals surface area contributed by atoms with E-state index >= 15 is 0 Å². The molecule has 0 spiro atoms. The van der Waals surface area contributed by atoms with Gasteiger partial charge < -0.3 is 0 Å². The van der Waals surface area contributed by atoms with Crippen LogP contribution >= 0.6 is 0 Å². The Morgan fingerprint density at radius 1 is 0.358 bits per heavy atom. The molecule has 4 heterocycles. The third kappa shape index (κ3) is 5.61. The minimum Gasteiger partial charge on any atom is -0.298 e. The summed E-state index contributed by atoms with van der Waals surface area (Å²) >= 11 is 0. The maximum absolute atomic E-state index is 5.19. The maximum Gasteiger partial charge on any atom is 0.160 e. The predicted octanol–water partition coefficient (Wildman–Crippen LogP) is 11.8. The lowest BCUT2D eigenvalue weighted by atomic mass is 9.99. The first-order valence-corrected chi connectivity index (χ1v) is 17.7. The molecular weight excluding hydrogens is 647 g/mol. The molecule has 0 saturated heterocycles.